The average Bonchev–Trinajstić information content (AvgIpc) is 2.81. The minimum Gasteiger partial charge on any atom is -0.449 e. The molecule has 0 saturated heterocycles. The summed E-state index contributed by atoms with van der Waals surface area (Å²) < 4.78 is 10.9. The van der Waals surface area contributed by atoms with E-state index in [1.807, 2.05) is 93.5 Å². The zero-order chi connectivity index (χ0) is 15.9. The number of benzene rings is 1. The van der Waals surface area contributed by atoms with Crippen molar-refractivity contribution in [3.05, 3.63) is 24.3 Å². The molecular weight excluding hydrogens is 236 g/mol. The average molecular weight is 270 g/mol. The molecule has 114 valence electrons. The summed E-state index contributed by atoms with van der Waals surface area (Å²) in [5.74, 6) is 1.17. The summed E-state index contributed by atoms with van der Waals surface area (Å²) >= 11 is 0. The molecule has 0 N–H and O–H groups in total. The maximum Gasteiger partial charge on any atom is 0.246 e. The second-order valence-electron chi connectivity index (χ2n) is 3.05. The van der Waals surface area contributed by atoms with E-state index >= 15 is 0 Å². The first-order chi connectivity index (χ1) is 9.17. The van der Waals surface area contributed by atoms with Gasteiger partial charge in [0.1, 0.15) is 0 Å². The number of fused-ring (bicyclic) bond motifs is 1. The number of hydrogen-bond donors (Lipinski definition) is 0. The number of ether oxygens (including phenoxy) is 2. The van der Waals surface area contributed by atoms with E-state index in [0.717, 1.165) is 11.5 Å². The molecule has 0 unspecified atom stereocenters. The smallest absolute Gasteiger partial charge is 0.246 e. The van der Waals surface area contributed by atoms with Crippen molar-refractivity contribution in [3.8, 4) is 11.5 Å². The summed E-state index contributed by atoms with van der Waals surface area (Å²) in [6, 6.07) is 7.68. The van der Waals surface area contributed by atoms with Gasteiger partial charge in [0.25, 0.3) is 0 Å². The van der Waals surface area contributed by atoms with Crippen molar-refractivity contribution >= 4 is 0 Å². The molecule has 1 aliphatic rings. The molecule has 1 aromatic carbocycles. The third kappa shape index (κ3) is 9.40. The molecule has 0 bridgehead atoms. The Morgan fingerprint density at radius 3 is 1.16 bits per heavy atom. The van der Waals surface area contributed by atoms with Crippen molar-refractivity contribution in [2.24, 2.45) is 0 Å². The number of hydrogen-bond acceptors (Lipinski definition) is 2. The van der Waals surface area contributed by atoms with Crippen LogP contribution in [0, 0.1) is 0 Å². The normalized spacial score (nSPS) is 11.9. The molecule has 2 nitrogen and oxygen atoms in total. The van der Waals surface area contributed by atoms with E-state index in [-0.39, 0.29) is 0 Å². The first kappa shape index (κ1) is 23.0. The van der Waals surface area contributed by atoms with Gasteiger partial charge < -0.3 is 9.47 Å². The predicted octanol–water partition coefficient (Wildman–Crippen LogP) is 6.30. The van der Waals surface area contributed by atoms with Crippen LogP contribution in [-0.4, -0.2) is 5.79 Å². The second-order valence-corrected chi connectivity index (χ2v) is 3.05. The maximum atomic E-state index is 5.47. The Morgan fingerprint density at radius 2 is 0.895 bits per heavy atom. The van der Waals surface area contributed by atoms with Gasteiger partial charge in [-0.2, -0.15) is 0 Å². The highest BCUT2D eigenvalue weighted by Gasteiger charge is 2.30. The van der Waals surface area contributed by atoms with E-state index in [9.17, 15) is 0 Å². The number of rotatable bonds is 0. The quantitative estimate of drug-likeness (QED) is 0.551. The van der Waals surface area contributed by atoms with Crippen molar-refractivity contribution in [2.45, 2.75) is 75.0 Å². The minimum absolute atomic E-state index is 0.496. The molecule has 0 spiro atoms. The van der Waals surface area contributed by atoms with E-state index in [1.54, 1.807) is 0 Å². The van der Waals surface area contributed by atoms with Gasteiger partial charge in [0.05, 0.1) is 0 Å². The van der Waals surface area contributed by atoms with Crippen molar-refractivity contribution in [1.82, 2.24) is 0 Å². The van der Waals surface area contributed by atoms with Gasteiger partial charge >= 0.3 is 0 Å². The fourth-order valence-electron chi connectivity index (χ4n) is 1.17. The largest absolute Gasteiger partial charge is 0.449 e. The minimum atomic E-state index is -0.496. The van der Waals surface area contributed by atoms with E-state index in [4.69, 9.17) is 9.47 Å². The van der Waals surface area contributed by atoms with Crippen molar-refractivity contribution in [2.75, 3.05) is 0 Å². The molecule has 2 rings (SSSR count). The van der Waals surface area contributed by atoms with E-state index < -0.39 is 5.79 Å². The van der Waals surface area contributed by atoms with Crippen LogP contribution in [0.15, 0.2) is 24.3 Å². The van der Waals surface area contributed by atoms with Crippen LogP contribution in [0.5, 0.6) is 11.5 Å². The zero-order valence-corrected chi connectivity index (χ0v) is 14.6. The van der Waals surface area contributed by atoms with E-state index in [1.165, 1.54) is 0 Å². The van der Waals surface area contributed by atoms with Gasteiger partial charge in [-0.05, 0) is 12.1 Å². The summed E-state index contributed by atoms with van der Waals surface area (Å²) in [4.78, 5) is 0. The van der Waals surface area contributed by atoms with Crippen molar-refractivity contribution in [1.29, 1.82) is 0 Å². The molecule has 0 aromatic heterocycles. The Balaban J connectivity index is -0.000000278. The van der Waals surface area contributed by atoms with Crippen LogP contribution in [-0.2, 0) is 0 Å². The highest BCUT2D eigenvalue weighted by molar-refractivity contribution is 5.42. The standard InChI is InChI=1S/C9H10O2.4C2H6/c1-9(2)10-7-5-3-4-6-8(7)11-9;4*1-2/h3-6H,1-2H3;4*1-2H3. The Hall–Kier alpha value is -1.18. The monoisotopic (exact) mass is 270 g/mol. The summed E-state index contributed by atoms with van der Waals surface area (Å²) in [5.41, 5.74) is 0. The van der Waals surface area contributed by atoms with Gasteiger partial charge in [-0.3, -0.25) is 0 Å². The zero-order valence-electron chi connectivity index (χ0n) is 14.6. The molecule has 0 fully saturated rings. The Morgan fingerprint density at radius 1 is 0.632 bits per heavy atom. The predicted molar refractivity (Wildman–Crippen MR) is 87.2 cm³/mol. The second kappa shape index (κ2) is 14.9. The van der Waals surface area contributed by atoms with E-state index in [2.05, 4.69) is 0 Å². The molecule has 0 atom stereocenters. The van der Waals surface area contributed by atoms with Gasteiger partial charge in [0.2, 0.25) is 5.79 Å². The molecule has 0 aliphatic carbocycles. The van der Waals surface area contributed by atoms with Crippen molar-refractivity contribution < 1.29 is 9.47 Å². The lowest BCUT2D eigenvalue weighted by Gasteiger charge is -2.16. The van der Waals surface area contributed by atoms with Crippen LogP contribution < -0.4 is 9.47 Å². The van der Waals surface area contributed by atoms with Crippen molar-refractivity contribution in [3.63, 3.8) is 0 Å². The fourth-order valence-corrected chi connectivity index (χ4v) is 1.17. The van der Waals surface area contributed by atoms with Crippen LogP contribution in [0.4, 0.5) is 0 Å². The van der Waals surface area contributed by atoms with Gasteiger partial charge in [-0.15, -0.1) is 0 Å². The van der Waals surface area contributed by atoms with E-state index in [0.29, 0.717) is 0 Å². The lowest BCUT2D eigenvalue weighted by molar-refractivity contribution is -0.0431. The highest BCUT2D eigenvalue weighted by Crippen LogP contribution is 2.38. The van der Waals surface area contributed by atoms with Crippen LogP contribution in [0.2, 0.25) is 0 Å². The van der Waals surface area contributed by atoms with Crippen LogP contribution in [0.1, 0.15) is 69.2 Å². The van der Waals surface area contributed by atoms with Crippen LogP contribution >= 0.6 is 0 Å². The molecule has 0 saturated carbocycles. The lowest BCUT2D eigenvalue weighted by Crippen LogP contribution is -2.29. The fraction of sp³-hybridized carbons (Fsp3) is 0.647. The molecule has 0 amide bonds. The molecule has 1 aromatic rings. The highest BCUT2D eigenvalue weighted by atomic mass is 16.7. The van der Waals surface area contributed by atoms with Crippen LogP contribution in [0.3, 0.4) is 0 Å². The first-order valence-corrected chi connectivity index (χ1v) is 7.64. The van der Waals surface area contributed by atoms with Gasteiger partial charge in [0, 0.05) is 13.8 Å². The van der Waals surface area contributed by atoms with Gasteiger partial charge in [0.15, 0.2) is 11.5 Å². The summed E-state index contributed by atoms with van der Waals surface area (Å²) in [7, 11) is 0. The lowest BCUT2D eigenvalue weighted by atomic mass is 10.3. The number of para-hydroxylation sites is 2. The summed E-state index contributed by atoms with van der Waals surface area (Å²) in [5, 5.41) is 0. The van der Waals surface area contributed by atoms with Crippen LogP contribution in [0.25, 0.3) is 0 Å². The Kier molecular flexibility index (Phi) is 18.0. The van der Waals surface area contributed by atoms with Gasteiger partial charge in [-0.25, -0.2) is 0 Å². The third-order valence-corrected chi connectivity index (χ3v) is 1.56. The van der Waals surface area contributed by atoms with Gasteiger partial charge in [-0.1, -0.05) is 67.5 Å². The molecular formula is C17H34O2. The maximum absolute atomic E-state index is 5.47. The third-order valence-electron chi connectivity index (χ3n) is 1.56. The molecule has 19 heavy (non-hydrogen) atoms. The summed E-state index contributed by atoms with van der Waals surface area (Å²) in [6.07, 6.45) is 0. The Labute approximate surface area is 121 Å². The molecule has 1 aliphatic heterocycles. The Bertz CT molecular complexity index is 253. The topological polar surface area (TPSA) is 18.5 Å². The molecule has 2 heteroatoms. The first-order valence-electron chi connectivity index (χ1n) is 7.64. The molecule has 1 heterocycles. The summed E-state index contributed by atoms with van der Waals surface area (Å²) in [6.45, 7) is 19.8. The SMILES string of the molecule is CC.CC.CC.CC.CC1(C)Oc2ccccc2O1. The molecule has 0 radical (unpaired) electrons.